The second-order valence-electron chi connectivity index (χ2n) is 7.47. The zero-order valence-electron chi connectivity index (χ0n) is 18.3. The number of benzene rings is 2. The predicted molar refractivity (Wildman–Crippen MR) is 117 cm³/mol. The van der Waals surface area contributed by atoms with Crippen LogP contribution in [0.5, 0.6) is 23.0 Å². The van der Waals surface area contributed by atoms with E-state index in [1.54, 1.807) is 27.4 Å². The van der Waals surface area contributed by atoms with Crippen LogP contribution in [-0.2, 0) is 4.79 Å². The highest BCUT2D eigenvalue weighted by molar-refractivity contribution is 5.81. The van der Waals surface area contributed by atoms with Gasteiger partial charge in [-0.1, -0.05) is 18.9 Å². The van der Waals surface area contributed by atoms with Gasteiger partial charge < -0.3 is 23.8 Å². The highest BCUT2D eigenvalue weighted by Gasteiger charge is 2.23. The van der Waals surface area contributed by atoms with E-state index >= 15 is 0 Å². The molecule has 1 atom stereocenters. The number of carbonyl (C=O) groups is 1. The highest BCUT2D eigenvalue weighted by atomic mass is 16.5. The first-order valence-corrected chi connectivity index (χ1v) is 10.4. The number of hydrogen-bond acceptors (Lipinski definition) is 5. The van der Waals surface area contributed by atoms with Crippen molar-refractivity contribution in [3.05, 3.63) is 36.4 Å². The fraction of sp³-hybridized carbons (Fsp3) is 0.458. The minimum Gasteiger partial charge on any atom is -0.497 e. The lowest BCUT2D eigenvalue weighted by molar-refractivity contribution is -0.137. The average molecular weight is 414 g/mol. The molecule has 30 heavy (non-hydrogen) atoms. The molecule has 0 aliphatic carbocycles. The maximum atomic E-state index is 12.9. The van der Waals surface area contributed by atoms with Gasteiger partial charge in [-0.25, -0.2) is 0 Å². The number of nitrogens with zero attached hydrogens (tertiary/aromatic N) is 1. The summed E-state index contributed by atoms with van der Waals surface area (Å²) in [6.07, 6.45) is 3.92. The van der Waals surface area contributed by atoms with E-state index in [4.69, 9.17) is 18.9 Å². The second kappa shape index (κ2) is 10.2. The Morgan fingerprint density at radius 1 is 0.800 bits per heavy atom. The molecule has 2 aromatic rings. The third-order valence-electron chi connectivity index (χ3n) is 5.41. The molecule has 162 valence electrons. The molecule has 1 saturated heterocycles. The van der Waals surface area contributed by atoms with Gasteiger partial charge in [0.05, 0.1) is 21.3 Å². The quantitative estimate of drug-likeness (QED) is 0.667. The Kier molecular flexibility index (Phi) is 7.44. The van der Waals surface area contributed by atoms with E-state index < -0.39 is 6.10 Å². The molecular weight excluding hydrogens is 382 g/mol. The van der Waals surface area contributed by atoms with Gasteiger partial charge in [-0.2, -0.15) is 0 Å². The number of rotatable bonds is 7. The van der Waals surface area contributed by atoms with Crippen LogP contribution in [0.3, 0.4) is 0 Å². The van der Waals surface area contributed by atoms with Crippen LogP contribution in [0.15, 0.2) is 36.4 Å². The summed E-state index contributed by atoms with van der Waals surface area (Å²) in [5.74, 6) is 2.59. The highest BCUT2D eigenvalue weighted by Crippen LogP contribution is 2.35. The van der Waals surface area contributed by atoms with Crippen LogP contribution in [-0.4, -0.2) is 51.3 Å². The topological polar surface area (TPSA) is 57.2 Å². The number of carbonyl (C=O) groups excluding carboxylic acids is 1. The zero-order valence-corrected chi connectivity index (χ0v) is 18.3. The Labute approximate surface area is 178 Å². The van der Waals surface area contributed by atoms with Crippen LogP contribution >= 0.6 is 0 Å². The van der Waals surface area contributed by atoms with Gasteiger partial charge in [-0.15, -0.1) is 0 Å². The first-order valence-electron chi connectivity index (χ1n) is 10.4. The van der Waals surface area contributed by atoms with Crippen molar-refractivity contribution in [1.29, 1.82) is 0 Å². The molecule has 1 fully saturated rings. The molecule has 1 unspecified atom stereocenters. The van der Waals surface area contributed by atoms with E-state index in [2.05, 4.69) is 0 Å². The summed E-state index contributed by atoms with van der Waals surface area (Å²) >= 11 is 0. The van der Waals surface area contributed by atoms with Crippen LogP contribution in [0, 0.1) is 0 Å². The molecule has 6 nitrogen and oxygen atoms in total. The summed E-state index contributed by atoms with van der Waals surface area (Å²) in [5, 5.41) is 0. The van der Waals surface area contributed by atoms with Crippen molar-refractivity contribution in [2.24, 2.45) is 0 Å². The first kappa shape index (κ1) is 21.8. The lowest BCUT2D eigenvalue weighted by Gasteiger charge is -2.25. The number of amides is 1. The fourth-order valence-electron chi connectivity index (χ4n) is 3.74. The van der Waals surface area contributed by atoms with E-state index in [9.17, 15) is 4.79 Å². The van der Waals surface area contributed by atoms with Gasteiger partial charge in [0, 0.05) is 19.2 Å². The molecule has 0 aromatic heterocycles. The molecule has 0 bridgehead atoms. The van der Waals surface area contributed by atoms with Crippen molar-refractivity contribution in [2.45, 2.75) is 38.7 Å². The molecule has 0 spiro atoms. The van der Waals surface area contributed by atoms with Crippen LogP contribution in [0.2, 0.25) is 0 Å². The number of ether oxygens (including phenoxy) is 4. The van der Waals surface area contributed by atoms with Gasteiger partial charge in [0.1, 0.15) is 11.5 Å². The molecule has 1 amide bonds. The third-order valence-corrected chi connectivity index (χ3v) is 5.41. The van der Waals surface area contributed by atoms with Gasteiger partial charge in [-0.05, 0) is 55.2 Å². The predicted octanol–water partition coefficient (Wildman–Crippen LogP) is 4.55. The fourth-order valence-corrected chi connectivity index (χ4v) is 3.74. The molecule has 0 radical (unpaired) electrons. The minimum atomic E-state index is -0.562. The smallest absolute Gasteiger partial charge is 0.263 e. The molecule has 2 aromatic carbocycles. The van der Waals surface area contributed by atoms with Crippen molar-refractivity contribution in [3.63, 3.8) is 0 Å². The lowest BCUT2D eigenvalue weighted by Crippen LogP contribution is -2.41. The Morgan fingerprint density at radius 3 is 2.10 bits per heavy atom. The van der Waals surface area contributed by atoms with Gasteiger partial charge in [0.2, 0.25) is 0 Å². The van der Waals surface area contributed by atoms with Crippen LogP contribution < -0.4 is 18.9 Å². The van der Waals surface area contributed by atoms with Crippen molar-refractivity contribution in [3.8, 4) is 34.1 Å². The lowest BCUT2D eigenvalue weighted by atomic mass is 10.0. The monoisotopic (exact) mass is 413 g/mol. The molecule has 6 heteroatoms. The van der Waals surface area contributed by atoms with Gasteiger partial charge in [0.15, 0.2) is 17.6 Å². The van der Waals surface area contributed by atoms with E-state index in [-0.39, 0.29) is 5.91 Å². The Morgan fingerprint density at radius 2 is 1.47 bits per heavy atom. The normalized spacial score (nSPS) is 15.1. The maximum Gasteiger partial charge on any atom is 0.263 e. The molecule has 3 rings (SSSR count). The second-order valence-corrected chi connectivity index (χ2v) is 7.47. The number of hydrogen-bond donors (Lipinski definition) is 0. The Bertz CT molecular complexity index is 859. The van der Waals surface area contributed by atoms with Crippen molar-refractivity contribution in [2.75, 3.05) is 34.4 Å². The van der Waals surface area contributed by atoms with Crippen molar-refractivity contribution < 1.29 is 23.7 Å². The summed E-state index contributed by atoms with van der Waals surface area (Å²) in [5.41, 5.74) is 1.84. The summed E-state index contributed by atoms with van der Waals surface area (Å²) < 4.78 is 22.3. The summed E-state index contributed by atoms with van der Waals surface area (Å²) in [7, 11) is 4.83. The van der Waals surface area contributed by atoms with Gasteiger partial charge in [-0.3, -0.25) is 4.79 Å². The summed E-state index contributed by atoms with van der Waals surface area (Å²) in [4.78, 5) is 14.8. The van der Waals surface area contributed by atoms with Crippen LogP contribution in [0.1, 0.15) is 32.6 Å². The molecule has 0 N–H and O–H groups in total. The van der Waals surface area contributed by atoms with Crippen molar-refractivity contribution >= 4 is 5.91 Å². The summed E-state index contributed by atoms with van der Waals surface area (Å²) in [6.45, 7) is 3.42. The number of methoxy groups -OCH3 is 3. The van der Waals surface area contributed by atoms with E-state index in [0.717, 1.165) is 37.1 Å². The van der Waals surface area contributed by atoms with Crippen molar-refractivity contribution in [1.82, 2.24) is 4.90 Å². The minimum absolute atomic E-state index is 0.0346. The summed E-state index contributed by atoms with van der Waals surface area (Å²) in [6, 6.07) is 11.4. The van der Waals surface area contributed by atoms with Gasteiger partial charge in [0.25, 0.3) is 5.91 Å². The zero-order chi connectivity index (χ0) is 21.5. The molecule has 1 heterocycles. The maximum absolute atomic E-state index is 12.9. The molecular formula is C24H31NO5. The average Bonchev–Trinajstić information content (AvgIpc) is 3.07. The van der Waals surface area contributed by atoms with E-state index in [0.29, 0.717) is 23.0 Å². The standard InChI is InChI=1S/C24H31NO5/c1-17(24(26)25-11-7-5-6-8-12-25)30-21-14-19(13-20(16-21)27-2)18-9-10-22(28-3)23(15-18)29-4/h9-10,13-17H,5-8,11-12H2,1-4H3. The SMILES string of the molecule is COc1cc(OC(C)C(=O)N2CCCCCC2)cc(-c2ccc(OC)c(OC)c2)c1. The van der Waals surface area contributed by atoms with Gasteiger partial charge >= 0.3 is 0 Å². The van der Waals surface area contributed by atoms with E-state index in [1.807, 2.05) is 42.2 Å². The third kappa shape index (κ3) is 5.17. The van der Waals surface area contributed by atoms with E-state index in [1.165, 1.54) is 12.8 Å². The molecule has 0 saturated carbocycles. The largest absolute Gasteiger partial charge is 0.497 e. The molecule has 1 aliphatic heterocycles. The van der Waals surface area contributed by atoms with Crippen LogP contribution in [0.25, 0.3) is 11.1 Å². The Balaban J connectivity index is 1.83. The number of likely N-dealkylation sites (tertiary alicyclic amines) is 1. The molecule has 1 aliphatic rings. The first-order chi connectivity index (χ1) is 14.5. The Hall–Kier alpha value is -2.89. The van der Waals surface area contributed by atoms with Crippen LogP contribution in [0.4, 0.5) is 0 Å².